The quantitative estimate of drug-likeness (QED) is 0.490. The Morgan fingerprint density at radius 1 is 2.00 bits per heavy atom. The Morgan fingerprint density at radius 3 is 2.62 bits per heavy atom. The molecule has 0 aliphatic carbocycles. The molecule has 50 valence electrons. The summed E-state index contributed by atoms with van der Waals surface area (Å²) in [5, 5.41) is 0. The highest BCUT2D eigenvalue weighted by Gasteiger charge is 2.01. The molecule has 2 atom stereocenters. The SMILES string of the molecule is O=S(O)OCC(F)Cl. The highest BCUT2D eigenvalue weighted by Crippen LogP contribution is 1.96. The standard InChI is InChI=1S/C2H4ClFO3S/c3-2(4)1-7-8(5)6/h2H,1H2,(H,5,6). The van der Waals surface area contributed by atoms with Gasteiger partial charge in [0.1, 0.15) is 6.61 Å². The molecule has 0 amide bonds. The summed E-state index contributed by atoms with van der Waals surface area (Å²) < 4.78 is 32.7. The molecule has 0 aliphatic heterocycles. The van der Waals surface area contributed by atoms with Gasteiger partial charge in [0.05, 0.1) is 0 Å². The zero-order chi connectivity index (χ0) is 6.57. The second kappa shape index (κ2) is 4.20. The van der Waals surface area contributed by atoms with Crippen molar-refractivity contribution in [2.45, 2.75) is 5.63 Å². The van der Waals surface area contributed by atoms with Crippen LogP contribution in [0.2, 0.25) is 0 Å². The minimum absolute atomic E-state index is 0.565. The van der Waals surface area contributed by atoms with Gasteiger partial charge in [0, 0.05) is 0 Å². The molecule has 0 rings (SSSR count). The Labute approximate surface area is 53.3 Å². The lowest BCUT2D eigenvalue weighted by atomic mass is 10.8. The van der Waals surface area contributed by atoms with Crippen molar-refractivity contribution in [2.24, 2.45) is 0 Å². The van der Waals surface area contributed by atoms with Gasteiger partial charge in [-0.25, -0.2) is 4.39 Å². The molecule has 0 saturated carbocycles. The van der Waals surface area contributed by atoms with Crippen molar-refractivity contribution in [3.8, 4) is 0 Å². The Hall–Kier alpha value is 0.290. The maximum atomic E-state index is 11.5. The molecule has 0 radical (unpaired) electrons. The fraction of sp³-hybridized carbons (Fsp3) is 1.00. The second-order valence-corrected chi connectivity index (χ2v) is 2.04. The van der Waals surface area contributed by atoms with Gasteiger partial charge >= 0.3 is 11.4 Å². The monoisotopic (exact) mass is 162 g/mol. The molecule has 2 unspecified atom stereocenters. The Balaban J connectivity index is 3.05. The summed E-state index contributed by atoms with van der Waals surface area (Å²) in [6, 6.07) is 0. The van der Waals surface area contributed by atoms with Crippen LogP contribution in [0.15, 0.2) is 0 Å². The molecular formula is C2H4ClFO3S. The van der Waals surface area contributed by atoms with Gasteiger partial charge in [0.25, 0.3) is 0 Å². The van der Waals surface area contributed by atoms with Crippen molar-refractivity contribution in [3.63, 3.8) is 0 Å². The minimum atomic E-state index is -2.41. The van der Waals surface area contributed by atoms with Gasteiger partial charge in [-0.15, -0.1) is 0 Å². The van der Waals surface area contributed by atoms with E-state index in [1.54, 1.807) is 0 Å². The number of rotatable bonds is 3. The first-order chi connectivity index (χ1) is 3.63. The lowest BCUT2D eigenvalue weighted by Gasteiger charge is -1.94. The average Bonchev–Trinajstić information content (AvgIpc) is 1.61. The second-order valence-electron chi connectivity index (χ2n) is 0.893. The normalized spacial score (nSPS) is 17.9. The van der Waals surface area contributed by atoms with Crippen LogP contribution in [0.4, 0.5) is 4.39 Å². The molecule has 3 nitrogen and oxygen atoms in total. The highest BCUT2D eigenvalue weighted by molar-refractivity contribution is 7.74. The summed E-state index contributed by atoms with van der Waals surface area (Å²) in [6.07, 6.45) is 0. The van der Waals surface area contributed by atoms with Crippen LogP contribution in [0.3, 0.4) is 0 Å². The van der Waals surface area contributed by atoms with Gasteiger partial charge < -0.3 is 0 Å². The molecule has 1 N–H and O–H groups in total. The highest BCUT2D eigenvalue weighted by atomic mass is 35.5. The molecule has 0 spiro atoms. The van der Waals surface area contributed by atoms with Crippen LogP contribution in [-0.4, -0.2) is 21.0 Å². The van der Waals surface area contributed by atoms with Crippen molar-refractivity contribution in [1.29, 1.82) is 0 Å². The van der Waals surface area contributed by atoms with Crippen LogP contribution in [0.1, 0.15) is 0 Å². The zero-order valence-electron chi connectivity index (χ0n) is 3.71. The summed E-state index contributed by atoms with van der Waals surface area (Å²) in [4.78, 5) is 0. The Morgan fingerprint density at radius 2 is 2.50 bits per heavy atom. The largest absolute Gasteiger partial charge is 0.302 e. The third kappa shape index (κ3) is 6.29. The van der Waals surface area contributed by atoms with E-state index in [0.717, 1.165) is 0 Å². The molecule has 0 bridgehead atoms. The summed E-state index contributed by atoms with van der Waals surface area (Å²) in [6.45, 7) is -0.565. The number of hydrogen-bond acceptors (Lipinski definition) is 2. The van der Waals surface area contributed by atoms with Crippen molar-refractivity contribution < 1.29 is 17.3 Å². The van der Waals surface area contributed by atoms with Gasteiger partial charge in [0.2, 0.25) is 0 Å². The Kier molecular flexibility index (Phi) is 4.35. The minimum Gasteiger partial charge on any atom is -0.284 e. The van der Waals surface area contributed by atoms with E-state index in [4.69, 9.17) is 4.55 Å². The predicted octanol–water partition coefficient (Wildman–Crippen LogP) is 0.674. The van der Waals surface area contributed by atoms with Gasteiger partial charge in [-0.05, 0) is 0 Å². The van der Waals surface area contributed by atoms with Crippen LogP contribution in [0.25, 0.3) is 0 Å². The Bertz CT molecular complexity index is 87.4. The van der Waals surface area contributed by atoms with E-state index in [-0.39, 0.29) is 0 Å². The van der Waals surface area contributed by atoms with Gasteiger partial charge in [-0.3, -0.25) is 8.74 Å². The maximum Gasteiger partial charge on any atom is 0.302 e. The molecule has 0 fully saturated rings. The fourth-order valence-electron chi connectivity index (χ4n) is 0.110. The molecular weight excluding hydrogens is 159 g/mol. The summed E-state index contributed by atoms with van der Waals surface area (Å²) in [5.74, 6) is 0. The van der Waals surface area contributed by atoms with Crippen LogP contribution in [-0.2, 0) is 15.5 Å². The van der Waals surface area contributed by atoms with Crippen molar-refractivity contribution in [1.82, 2.24) is 0 Å². The number of halogens is 2. The molecule has 0 aliphatic rings. The lowest BCUT2D eigenvalue weighted by molar-refractivity contribution is 0.248. The van der Waals surface area contributed by atoms with E-state index in [9.17, 15) is 8.60 Å². The first kappa shape index (κ1) is 8.29. The molecule has 0 aromatic rings. The topological polar surface area (TPSA) is 46.5 Å². The van der Waals surface area contributed by atoms with Crippen molar-refractivity contribution in [2.75, 3.05) is 6.61 Å². The smallest absolute Gasteiger partial charge is 0.284 e. The van der Waals surface area contributed by atoms with E-state index in [1.165, 1.54) is 0 Å². The van der Waals surface area contributed by atoms with Crippen molar-refractivity contribution >= 4 is 23.0 Å². The molecule has 6 heteroatoms. The molecule has 0 heterocycles. The maximum absolute atomic E-state index is 11.5. The third-order valence-electron chi connectivity index (χ3n) is 0.295. The zero-order valence-corrected chi connectivity index (χ0v) is 5.28. The predicted molar refractivity (Wildman–Crippen MR) is 27.5 cm³/mol. The third-order valence-corrected chi connectivity index (χ3v) is 0.759. The van der Waals surface area contributed by atoms with Gasteiger partial charge in [-0.1, -0.05) is 11.6 Å². The fourth-order valence-corrected chi connectivity index (χ4v) is 0.483. The number of alkyl halides is 2. The summed E-state index contributed by atoms with van der Waals surface area (Å²) in [7, 11) is 0. The van der Waals surface area contributed by atoms with Gasteiger partial charge in [0.15, 0.2) is 5.63 Å². The molecule has 0 aromatic heterocycles. The van der Waals surface area contributed by atoms with E-state index in [1.807, 2.05) is 0 Å². The van der Waals surface area contributed by atoms with Crippen LogP contribution >= 0.6 is 11.6 Å². The number of hydrogen-bond donors (Lipinski definition) is 1. The molecule has 8 heavy (non-hydrogen) atoms. The first-order valence-corrected chi connectivity index (χ1v) is 3.12. The first-order valence-electron chi connectivity index (χ1n) is 1.65. The van der Waals surface area contributed by atoms with E-state index >= 15 is 0 Å². The molecule has 0 saturated heterocycles. The van der Waals surface area contributed by atoms with Crippen LogP contribution < -0.4 is 0 Å². The van der Waals surface area contributed by atoms with Crippen LogP contribution in [0.5, 0.6) is 0 Å². The van der Waals surface area contributed by atoms with Crippen LogP contribution in [0, 0.1) is 0 Å². The lowest BCUT2D eigenvalue weighted by Crippen LogP contribution is -2.04. The average molecular weight is 163 g/mol. The van der Waals surface area contributed by atoms with Crippen molar-refractivity contribution in [3.05, 3.63) is 0 Å². The van der Waals surface area contributed by atoms with Gasteiger partial charge in [-0.2, -0.15) is 4.21 Å². The van der Waals surface area contributed by atoms with E-state index < -0.39 is 23.6 Å². The summed E-state index contributed by atoms with van der Waals surface area (Å²) >= 11 is 2.27. The van der Waals surface area contributed by atoms with E-state index in [2.05, 4.69) is 15.8 Å². The molecule has 0 aromatic carbocycles. The van der Waals surface area contributed by atoms with E-state index in [0.29, 0.717) is 0 Å². The summed E-state index contributed by atoms with van der Waals surface area (Å²) in [5.41, 5.74) is -1.72.